The fraction of sp³-hybridized carbons (Fsp3) is 0.0769. The molecule has 0 saturated carbocycles. The van der Waals surface area contributed by atoms with Gasteiger partial charge in [-0.1, -0.05) is 60.7 Å². The Morgan fingerprint density at radius 3 is 2.44 bits per heavy atom. The normalized spacial score (nSPS) is 11.4. The molecule has 1 heterocycles. The average Bonchev–Trinajstić information content (AvgIpc) is 2.84. The topological polar surface area (TPSA) is 92.1 Å². The predicted octanol–water partition coefficient (Wildman–Crippen LogP) is 4.96. The highest BCUT2D eigenvalue weighted by Gasteiger charge is 2.22. The van der Waals surface area contributed by atoms with Crippen LogP contribution < -0.4 is 5.32 Å². The molecular formula is C26H19N3O3. The molecule has 0 saturated heterocycles. The molecule has 1 atom stereocenters. The van der Waals surface area contributed by atoms with Crippen molar-refractivity contribution in [3.63, 3.8) is 0 Å². The molecule has 0 bridgehead atoms. The maximum absolute atomic E-state index is 13.1. The van der Waals surface area contributed by atoms with Crippen LogP contribution in [0.1, 0.15) is 22.8 Å². The van der Waals surface area contributed by atoms with Crippen molar-refractivity contribution < 1.29 is 14.3 Å². The summed E-state index contributed by atoms with van der Waals surface area (Å²) >= 11 is 0. The van der Waals surface area contributed by atoms with Gasteiger partial charge in [0.05, 0.1) is 28.0 Å². The van der Waals surface area contributed by atoms with Gasteiger partial charge in [-0.25, -0.2) is 9.78 Å². The molecule has 6 heteroatoms. The van der Waals surface area contributed by atoms with Crippen LogP contribution in [0, 0.1) is 11.3 Å². The quantitative estimate of drug-likeness (QED) is 0.460. The van der Waals surface area contributed by atoms with Gasteiger partial charge in [0.1, 0.15) is 6.07 Å². The van der Waals surface area contributed by atoms with E-state index in [4.69, 9.17) is 4.74 Å². The standard InChI is InChI=1S/C26H19N3O3/c1-17(25(30)29-22-13-7-5-11-19(22)16-27)32-26(31)21-15-24(18-9-3-2-4-10-18)28-23-14-8-6-12-20(21)23/h2-15,17H,1H3,(H,29,30). The average molecular weight is 421 g/mol. The van der Waals surface area contributed by atoms with Gasteiger partial charge in [-0.15, -0.1) is 0 Å². The highest BCUT2D eigenvalue weighted by Crippen LogP contribution is 2.25. The number of benzene rings is 3. The number of hydrogen-bond donors (Lipinski definition) is 1. The van der Waals surface area contributed by atoms with Gasteiger partial charge < -0.3 is 10.1 Å². The van der Waals surface area contributed by atoms with Gasteiger partial charge in [0, 0.05) is 10.9 Å². The molecule has 3 aromatic carbocycles. The first kappa shape index (κ1) is 20.8. The number of ether oxygens (including phenoxy) is 1. The van der Waals surface area contributed by atoms with Crippen molar-refractivity contribution in [2.45, 2.75) is 13.0 Å². The van der Waals surface area contributed by atoms with Crippen LogP contribution in [0.25, 0.3) is 22.2 Å². The zero-order chi connectivity index (χ0) is 22.5. The Kier molecular flexibility index (Phi) is 5.91. The van der Waals surface area contributed by atoms with Crippen molar-refractivity contribution in [2.75, 3.05) is 5.32 Å². The minimum Gasteiger partial charge on any atom is -0.449 e. The van der Waals surface area contributed by atoms with Gasteiger partial charge in [0.2, 0.25) is 0 Å². The molecule has 1 amide bonds. The number of hydrogen-bond acceptors (Lipinski definition) is 5. The van der Waals surface area contributed by atoms with Crippen molar-refractivity contribution in [1.29, 1.82) is 5.26 Å². The number of aromatic nitrogens is 1. The van der Waals surface area contributed by atoms with E-state index in [1.54, 1.807) is 36.4 Å². The number of nitrogens with zero attached hydrogens (tertiary/aromatic N) is 2. The molecule has 0 fully saturated rings. The Bertz CT molecular complexity index is 1340. The van der Waals surface area contributed by atoms with Gasteiger partial charge >= 0.3 is 5.97 Å². The van der Waals surface area contributed by atoms with E-state index in [1.807, 2.05) is 54.6 Å². The molecule has 1 aromatic heterocycles. The minimum atomic E-state index is -1.07. The van der Waals surface area contributed by atoms with E-state index in [9.17, 15) is 14.9 Å². The number of pyridine rings is 1. The second-order valence-electron chi connectivity index (χ2n) is 7.13. The second kappa shape index (κ2) is 9.11. The third-order valence-electron chi connectivity index (χ3n) is 4.96. The summed E-state index contributed by atoms with van der Waals surface area (Å²) < 4.78 is 5.48. The van der Waals surface area contributed by atoms with Crippen molar-refractivity contribution in [3.05, 3.63) is 96.1 Å². The zero-order valence-electron chi connectivity index (χ0n) is 17.3. The van der Waals surface area contributed by atoms with Crippen LogP contribution in [0.4, 0.5) is 5.69 Å². The summed E-state index contributed by atoms with van der Waals surface area (Å²) in [5.41, 5.74) is 3.17. The SMILES string of the molecule is CC(OC(=O)c1cc(-c2ccccc2)nc2ccccc12)C(=O)Nc1ccccc1C#N. The number of carbonyl (C=O) groups excluding carboxylic acids is 2. The zero-order valence-corrected chi connectivity index (χ0v) is 17.3. The number of esters is 1. The number of para-hydroxylation sites is 2. The summed E-state index contributed by atoms with van der Waals surface area (Å²) in [5.74, 6) is -1.15. The van der Waals surface area contributed by atoms with Crippen molar-refractivity contribution in [2.24, 2.45) is 0 Å². The maximum atomic E-state index is 13.1. The van der Waals surface area contributed by atoms with Crippen LogP contribution in [-0.2, 0) is 9.53 Å². The molecule has 32 heavy (non-hydrogen) atoms. The molecule has 156 valence electrons. The first-order chi connectivity index (χ1) is 15.6. The Morgan fingerprint density at radius 2 is 1.66 bits per heavy atom. The number of fused-ring (bicyclic) bond motifs is 1. The summed E-state index contributed by atoms with van der Waals surface area (Å²) in [6.45, 7) is 1.49. The molecule has 1 N–H and O–H groups in total. The van der Waals surface area contributed by atoms with Crippen molar-refractivity contribution >= 4 is 28.5 Å². The lowest BCUT2D eigenvalue weighted by Gasteiger charge is -2.15. The van der Waals surface area contributed by atoms with Crippen LogP contribution >= 0.6 is 0 Å². The first-order valence-electron chi connectivity index (χ1n) is 10.0. The largest absolute Gasteiger partial charge is 0.449 e. The monoisotopic (exact) mass is 421 g/mol. The van der Waals surface area contributed by atoms with Crippen LogP contribution in [0.3, 0.4) is 0 Å². The fourth-order valence-electron chi connectivity index (χ4n) is 3.30. The second-order valence-corrected chi connectivity index (χ2v) is 7.13. The van der Waals surface area contributed by atoms with Gasteiger partial charge in [0.15, 0.2) is 6.10 Å². The molecule has 4 aromatic rings. The van der Waals surface area contributed by atoms with Gasteiger partial charge in [-0.2, -0.15) is 5.26 Å². The van der Waals surface area contributed by atoms with Gasteiger partial charge in [0.25, 0.3) is 5.91 Å². The molecule has 0 spiro atoms. The first-order valence-corrected chi connectivity index (χ1v) is 10.0. The van der Waals surface area contributed by atoms with E-state index in [-0.39, 0.29) is 0 Å². The lowest BCUT2D eigenvalue weighted by atomic mass is 10.0. The Balaban J connectivity index is 1.61. The predicted molar refractivity (Wildman–Crippen MR) is 122 cm³/mol. The van der Waals surface area contributed by atoms with E-state index in [1.165, 1.54) is 6.92 Å². The number of rotatable bonds is 5. The minimum absolute atomic E-state index is 0.325. The smallest absolute Gasteiger partial charge is 0.339 e. The Hall–Kier alpha value is -4.50. The van der Waals surface area contributed by atoms with Crippen LogP contribution in [0.2, 0.25) is 0 Å². The number of anilines is 1. The van der Waals surface area contributed by atoms with E-state index < -0.39 is 18.0 Å². The van der Waals surface area contributed by atoms with E-state index in [2.05, 4.69) is 10.3 Å². The third kappa shape index (κ3) is 4.32. The van der Waals surface area contributed by atoms with E-state index in [0.29, 0.717) is 33.4 Å². The van der Waals surface area contributed by atoms with Crippen molar-refractivity contribution in [3.8, 4) is 17.3 Å². The summed E-state index contributed by atoms with van der Waals surface area (Å²) in [4.78, 5) is 30.3. The molecule has 0 radical (unpaired) electrons. The Morgan fingerprint density at radius 1 is 0.969 bits per heavy atom. The summed E-state index contributed by atoms with van der Waals surface area (Å²) in [6.07, 6.45) is -1.07. The van der Waals surface area contributed by atoms with E-state index >= 15 is 0 Å². The third-order valence-corrected chi connectivity index (χ3v) is 4.96. The molecule has 1 unspecified atom stereocenters. The van der Waals surface area contributed by atoms with Crippen LogP contribution in [0.5, 0.6) is 0 Å². The molecule has 0 aliphatic carbocycles. The van der Waals surface area contributed by atoms with Gasteiger partial charge in [-0.05, 0) is 31.2 Å². The number of nitrogens with one attached hydrogen (secondary N) is 1. The summed E-state index contributed by atoms with van der Waals surface area (Å²) in [6, 6.07) is 27.1. The summed E-state index contributed by atoms with van der Waals surface area (Å²) in [5, 5.41) is 12.5. The number of carbonyl (C=O) groups is 2. The van der Waals surface area contributed by atoms with E-state index in [0.717, 1.165) is 5.56 Å². The highest BCUT2D eigenvalue weighted by atomic mass is 16.5. The lowest BCUT2D eigenvalue weighted by Crippen LogP contribution is -2.30. The highest BCUT2D eigenvalue weighted by molar-refractivity contribution is 6.06. The molecular weight excluding hydrogens is 402 g/mol. The number of nitriles is 1. The molecule has 6 nitrogen and oxygen atoms in total. The van der Waals surface area contributed by atoms with Crippen LogP contribution in [0.15, 0.2) is 84.9 Å². The fourth-order valence-corrected chi connectivity index (χ4v) is 3.30. The number of amides is 1. The van der Waals surface area contributed by atoms with Crippen molar-refractivity contribution in [1.82, 2.24) is 4.98 Å². The molecule has 0 aliphatic rings. The van der Waals surface area contributed by atoms with Gasteiger partial charge in [-0.3, -0.25) is 4.79 Å². The molecule has 4 rings (SSSR count). The maximum Gasteiger partial charge on any atom is 0.339 e. The van der Waals surface area contributed by atoms with Crippen LogP contribution in [-0.4, -0.2) is 23.0 Å². The Labute approximate surface area is 185 Å². The molecule has 0 aliphatic heterocycles. The lowest BCUT2D eigenvalue weighted by molar-refractivity contribution is -0.123. The summed E-state index contributed by atoms with van der Waals surface area (Å²) in [7, 11) is 0.